The highest BCUT2D eigenvalue weighted by Gasteiger charge is 2.18. The molecular weight excluding hydrogens is 403 g/mol. The van der Waals surface area contributed by atoms with Gasteiger partial charge in [-0.15, -0.1) is 0 Å². The Labute approximate surface area is 188 Å². The average Bonchev–Trinajstić information content (AvgIpc) is 2.96. The third kappa shape index (κ3) is 4.97. The summed E-state index contributed by atoms with van der Waals surface area (Å²) < 4.78 is 14.5. The van der Waals surface area contributed by atoms with Crippen LogP contribution < -0.4 is 5.73 Å². The largest absolute Gasteiger partial charge is 0.478 e. The van der Waals surface area contributed by atoms with Crippen molar-refractivity contribution in [2.75, 3.05) is 5.73 Å². The molecule has 0 saturated heterocycles. The number of allylic oxidation sites excluding steroid dienone is 6. The number of carbonyl (C=O) groups is 1. The van der Waals surface area contributed by atoms with Gasteiger partial charge in [0.1, 0.15) is 11.6 Å². The van der Waals surface area contributed by atoms with Gasteiger partial charge in [-0.25, -0.2) is 14.2 Å². The SMILES string of the molecule is CCC1=CC=C(c2ccc(C(=O)O)c(F)c2)C(C#Cc2ccc(N)nc2CC)=C(CC)C1. The van der Waals surface area contributed by atoms with Gasteiger partial charge < -0.3 is 10.8 Å². The Morgan fingerprint density at radius 2 is 1.88 bits per heavy atom. The zero-order chi connectivity index (χ0) is 23.3. The summed E-state index contributed by atoms with van der Waals surface area (Å²) in [6.07, 6.45) is 7.24. The molecule has 3 rings (SSSR count). The number of hydrogen-bond donors (Lipinski definition) is 2. The summed E-state index contributed by atoms with van der Waals surface area (Å²) in [7, 11) is 0. The van der Waals surface area contributed by atoms with Crippen LogP contribution in [0.15, 0.2) is 59.2 Å². The Morgan fingerprint density at radius 1 is 1.09 bits per heavy atom. The average molecular weight is 431 g/mol. The number of aryl methyl sites for hydroxylation is 1. The normalized spacial score (nSPS) is 13.6. The molecule has 32 heavy (non-hydrogen) atoms. The van der Waals surface area contributed by atoms with Crippen LogP contribution in [0.3, 0.4) is 0 Å². The van der Waals surface area contributed by atoms with Crippen molar-refractivity contribution in [1.82, 2.24) is 4.98 Å². The van der Waals surface area contributed by atoms with Gasteiger partial charge in [0.2, 0.25) is 0 Å². The van der Waals surface area contributed by atoms with Crippen LogP contribution in [-0.4, -0.2) is 16.1 Å². The second-order valence-corrected chi connectivity index (χ2v) is 7.60. The van der Waals surface area contributed by atoms with E-state index in [1.165, 1.54) is 23.3 Å². The number of nitrogens with zero attached hydrogens (tertiary/aromatic N) is 1. The van der Waals surface area contributed by atoms with Gasteiger partial charge in [0, 0.05) is 11.1 Å². The quantitative estimate of drug-likeness (QED) is 0.575. The molecule has 1 aliphatic rings. The first-order valence-corrected chi connectivity index (χ1v) is 10.8. The Kier molecular flexibility index (Phi) is 7.27. The van der Waals surface area contributed by atoms with E-state index in [1.807, 2.05) is 19.1 Å². The molecular formula is C27H27FN2O2. The second kappa shape index (κ2) is 10.1. The molecule has 0 aliphatic heterocycles. The van der Waals surface area contributed by atoms with Gasteiger partial charge in [-0.05, 0) is 61.1 Å². The number of rotatable bonds is 5. The number of carboxylic acids is 1. The lowest BCUT2D eigenvalue weighted by molar-refractivity contribution is 0.0692. The van der Waals surface area contributed by atoms with Gasteiger partial charge in [-0.3, -0.25) is 0 Å². The lowest BCUT2D eigenvalue weighted by Gasteiger charge is -2.13. The number of aromatic carboxylic acids is 1. The number of benzene rings is 1. The van der Waals surface area contributed by atoms with E-state index in [4.69, 9.17) is 5.73 Å². The minimum atomic E-state index is -1.29. The fourth-order valence-corrected chi connectivity index (χ4v) is 3.72. The van der Waals surface area contributed by atoms with Crippen molar-refractivity contribution < 1.29 is 14.3 Å². The first-order valence-electron chi connectivity index (χ1n) is 10.8. The Bertz CT molecular complexity index is 1210. The highest BCUT2D eigenvalue weighted by molar-refractivity contribution is 5.91. The molecule has 0 saturated carbocycles. The highest BCUT2D eigenvalue weighted by Crippen LogP contribution is 2.34. The van der Waals surface area contributed by atoms with Crippen molar-refractivity contribution in [1.29, 1.82) is 0 Å². The van der Waals surface area contributed by atoms with Crippen molar-refractivity contribution in [3.63, 3.8) is 0 Å². The summed E-state index contributed by atoms with van der Waals surface area (Å²) >= 11 is 0. The van der Waals surface area contributed by atoms with Gasteiger partial charge in [-0.2, -0.15) is 0 Å². The molecule has 1 aromatic carbocycles. The minimum absolute atomic E-state index is 0.347. The third-order valence-corrected chi connectivity index (χ3v) is 5.59. The van der Waals surface area contributed by atoms with Crippen LogP contribution in [0.1, 0.15) is 67.2 Å². The molecule has 0 fully saturated rings. The monoisotopic (exact) mass is 430 g/mol. The maximum Gasteiger partial charge on any atom is 0.338 e. The fourth-order valence-electron chi connectivity index (χ4n) is 3.72. The molecule has 0 radical (unpaired) electrons. The Hall–Kier alpha value is -3.65. The summed E-state index contributed by atoms with van der Waals surface area (Å²) in [5, 5.41) is 9.18. The van der Waals surface area contributed by atoms with E-state index in [2.05, 4.69) is 36.7 Å². The van der Waals surface area contributed by atoms with Crippen molar-refractivity contribution in [2.45, 2.75) is 46.5 Å². The van der Waals surface area contributed by atoms with E-state index < -0.39 is 11.8 Å². The molecule has 164 valence electrons. The highest BCUT2D eigenvalue weighted by atomic mass is 19.1. The molecule has 0 atom stereocenters. The van der Waals surface area contributed by atoms with E-state index in [0.29, 0.717) is 17.8 Å². The van der Waals surface area contributed by atoms with Crippen LogP contribution in [0.4, 0.5) is 10.2 Å². The summed E-state index contributed by atoms with van der Waals surface area (Å²) in [6.45, 7) is 6.20. The lowest BCUT2D eigenvalue weighted by Crippen LogP contribution is -2.02. The summed E-state index contributed by atoms with van der Waals surface area (Å²) in [5.74, 6) is 4.99. The van der Waals surface area contributed by atoms with Crippen LogP contribution in [0.2, 0.25) is 0 Å². The molecule has 2 aromatic rings. The molecule has 0 bridgehead atoms. The molecule has 5 heteroatoms. The van der Waals surface area contributed by atoms with Gasteiger partial charge >= 0.3 is 5.97 Å². The van der Waals surface area contributed by atoms with Crippen molar-refractivity contribution in [3.8, 4) is 11.8 Å². The molecule has 3 N–H and O–H groups in total. The van der Waals surface area contributed by atoms with Crippen molar-refractivity contribution in [2.24, 2.45) is 0 Å². The van der Waals surface area contributed by atoms with Gasteiger partial charge in [0.25, 0.3) is 0 Å². The topological polar surface area (TPSA) is 76.2 Å². The van der Waals surface area contributed by atoms with Crippen molar-refractivity contribution >= 4 is 17.4 Å². The zero-order valence-corrected chi connectivity index (χ0v) is 18.6. The number of anilines is 1. The number of nitrogen functional groups attached to an aromatic ring is 1. The summed E-state index contributed by atoms with van der Waals surface area (Å²) in [5.41, 5.74) is 11.8. The van der Waals surface area contributed by atoms with E-state index in [-0.39, 0.29) is 5.56 Å². The number of nitrogens with two attached hydrogens (primary N) is 1. The van der Waals surface area contributed by atoms with Crippen LogP contribution in [0.25, 0.3) is 5.57 Å². The maximum atomic E-state index is 14.5. The smallest absolute Gasteiger partial charge is 0.338 e. The summed E-state index contributed by atoms with van der Waals surface area (Å²) in [4.78, 5) is 15.6. The van der Waals surface area contributed by atoms with Crippen molar-refractivity contribution in [3.05, 3.63) is 87.4 Å². The lowest BCUT2D eigenvalue weighted by atomic mass is 9.91. The third-order valence-electron chi connectivity index (χ3n) is 5.59. The maximum absolute atomic E-state index is 14.5. The minimum Gasteiger partial charge on any atom is -0.478 e. The van der Waals surface area contributed by atoms with Crippen LogP contribution >= 0.6 is 0 Å². The molecule has 1 heterocycles. The van der Waals surface area contributed by atoms with E-state index in [0.717, 1.165) is 41.7 Å². The molecule has 0 unspecified atom stereocenters. The fraction of sp³-hybridized carbons (Fsp3) is 0.259. The van der Waals surface area contributed by atoms with Gasteiger partial charge in [-0.1, -0.05) is 62.0 Å². The molecule has 1 aliphatic carbocycles. The standard InChI is InChI=1S/C27H27FN2O2/c1-4-17-7-11-22(20-9-13-23(27(31)32)24(28)16-20)21(18(5-2)15-17)12-8-19-10-14-26(29)30-25(19)6-3/h7,9-11,13-14,16H,4-6,15H2,1-3H3,(H2,29,30)(H,31,32). The molecule has 1 aromatic heterocycles. The van der Waals surface area contributed by atoms with Gasteiger partial charge in [0.05, 0.1) is 11.3 Å². The number of carboxylic acid groups (broad SMARTS) is 1. The van der Waals surface area contributed by atoms with Crippen LogP contribution in [0, 0.1) is 17.7 Å². The first kappa shape index (κ1) is 23.0. The number of aromatic nitrogens is 1. The van der Waals surface area contributed by atoms with E-state index in [1.54, 1.807) is 12.1 Å². The second-order valence-electron chi connectivity index (χ2n) is 7.60. The van der Waals surface area contributed by atoms with E-state index >= 15 is 0 Å². The summed E-state index contributed by atoms with van der Waals surface area (Å²) in [6, 6.07) is 7.83. The number of pyridine rings is 1. The first-order chi connectivity index (χ1) is 15.4. The van der Waals surface area contributed by atoms with Crippen LogP contribution in [0.5, 0.6) is 0 Å². The predicted octanol–water partition coefficient (Wildman–Crippen LogP) is 5.95. The molecule has 0 amide bonds. The number of halogens is 1. The predicted molar refractivity (Wildman–Crippen MR) is 127 cm³/mol. The Morgan fingerprint density at radius 3 is 2.50 bits per heavy atom. The molecule has 4 nitrogen and oxygen atoms in total. The van der Waals surface area contributed by atoms with Gasteiger partial charge in [0.15, 0.2) is 0 Å². The van der Waals surface area contributed by atoms with E-state index in [9.17, 15) is 14.3 Å². The zero-order valence-electron chi connectivity index (χ0n) is 18.6. The van der Waals surface area contributed by atoms with Crippen LogP contribution in [-0.2, 0) is 6.42 Å². The Balaban J connectivity index is 2.18. The molecule has 0 spiro atoms. The number of hydrogen-bond acceptors (Lipinski definition) is 3.